The molecule has 156 valence electrons. The summed E-state index contributed by atoms with van der Waals surface area (Å²) in [5.41, 5.74) is 1.24. The highest BCUT2D eigenvalue weighted by Crippen LogP contribution is 2.27. The van der Waals surface area contributed by atoms with Crippen LogP contribution in [0.1, 0.15) is 44.2 Å². The molecule has 1 amide bonds. The molecule has 0 spiro atoms. The maximum Gasteiger partial charge on any atom is 0.221 e. The molecule has 0 bridgehead atoms. The van der Waals surface area contributed by atoms with Crippen molar-refractivity contribution in [2.45, 2.75) is 38.6 Å². The minimum absolute atomic E-state index is 0.0659. The standard InChI is InChI=1S/C21H35N5O2/c1-4-11-23-20(27)10-12-24-21(22-2)25-16-19(26-13-5-6-14-26)17-8-7-9-18(15-17)28-3/h7-9,15,19H,4-6,10-14,16H2,1-3H3,(H,23,27)(H2,22,24,25). The van der Waals surface area contributed by atoms with Gasteiger partial charge in [0.2, 0.25) is 5.91 Å². The summed E-state index contributed by atoms with van der Waals surface area (Å²) in [6.07, 6.45) is 3.86. The van der Waals surface area contributed by atoms with Crippen molar-refractivity contribution in [2.24, 2.45) is 4.99 Å². The summed E-state index contributed by atoms with van der Waals surface area (Å²) in [6, 6.07) is 8.53. The Bertz CT molecular complexity index is 629. The van der Waals surface area contributed by atoms with Crippen LogP contribution in [0.15, 0.2) is 29.3 Å². The van der Waals surface area contributed by atoms with Crippen LogP contribution in [-0.2, 0) is 4.79 Å². The summed E-state index contributed by atoms with van der Waals surface area (Å²) >= 11 is 0. The van der Waals surface area contributed by atoms with Gasteiger partial charge < -0.3 is 20.7 Å². The number of methoxy groups -OCH3 is 1. The van der Waals surface area contributed by atoms with Crippen LogP contribution < -0.4 is 20.7 Å². The second-order valence-corrected chi connectivity index (χ2v) is 7.02. The van der Waals surface area contributed by atoms with Crippen LogP contribution >= 0.6 is 0 Å². The first kappa shape index (κ1) is 22.0. The molecule has 0 aliphatic carbocycles. The van der Waals surface area contributed by atoms with Crippen molar-refractivity contribution in [3.8, 4) is 5.75 Å². The van der Waals surface area contributed by atoms with Gasteiger partial charge in [-0.1, -0.05) is 19.1 Å². The normalized spacial score (nSPS) is 15.9. The van der Waals surface area contributed by atoms with Crippen LogP contribution in [0.5, 0.6) is 5.75 Å². The first-order valence-electron chi connectivity index (χ1n) is 10.3. The van der Waals surface area contributed by atoms with Crippen molar-refractivity contribution < 1.29 is 9.53 Å². The van der Waals surface area contributed by atoms with E-state index in [1.807, 2.05) is 19.1 Å². The zero-order chi connectivity index (χ0) is 20.2. The predicted molar refractivity (Wildman–Crippen MR) is 114 cm³/mol. The van der Waals surface area contributed by atoms with E-state index in [2.05, 4.69) is 38.0 Å². The van der Waals surface area contributed by atoms with E-state index < -0.39 is 0 Å². The van der Waals surface area contributed by atoms with Gasteiger partial charge in [0.25, 0.3) is 0 Å². The van der Waals surface area contributed by atoms with Crippen molar-refractivity contribution in [3.05, 3.63) is 29.8 Å². The number of likely N-dealkylation sites (tertiary alicyclic amines) is 1. The highest BCUT2D eigenvalue weighted by atomic mass is 16.5. The molecule has 1 atom stereocenters. The Hall–Kier alpha value is -2.28. The molecule has 1 unspecified atom stereocenters. The summed E-state index contributed by atoms with van der Waals surface area (Å²) in [5.74, 6) is 1.66. The lowest BCUT2D eigenvalue weighted by atomic mass is 10.1. The number of nitrogens with one attached hydrogen (secondary N) is 3. The molecule has 1 aliphatic rings. The van der Waals surface area contributed by atoms with Crippen LogP contribution in [0, 0.1) is 0 Å². The van der Waals surface area contributed by atoms with Crippen molar-refractivity contribution in [1.82, 2.24) is 20.9 Å². The Kier molecular flexibility index (Phi) is 9.62. The van der Waals surface area contributed by atoms with Gasteiger partial charge in [0.05, 0.1) is 13.2 Å². The third kappa shape index (κ3) is 7.03. The Morgan fingerprint density at radius 3 is 2.68 bits per heavy atom. The average molecular weight is 390 g/mol. The van der Waals surface area contributed by atoms with Gasteiger partial charge >= 0.3 is 0 Å². The Morgan fingerprint density at radius 1 is 1.21 bits per heavy atom. The molecule has 1 aromatic carbocycles. The maximum absolute atomic E-state index is 11.7. The van der Waals surface area contributed by atoms with Gasteiger partial charge in [0, 0.05) is 33.1 Å². The summed E-state index contributed by atoms with van der Waals surface area (Å²) in [6.45, 7) is 6.28. The Labute approximate surface area is 168 Å². The van der Waals surface area contributed by atoms with Crippen LogP contribution in [-0.4, -0.2) is 63.6 Å². The average Bonchev–Trinajstić information content (AvgIpc) is 3.25. The number of benzene rings is 1. The Morgan fingerprint density at radius 2 is 2.00 bits per heavy atom. The fourth-order valence-corrected chi connectivity index (χ4v) is 3.42. The van der Waals surface area contributed by atoms with Gasteiger partial charge in [-0.15, -0.1) is 0 Å². The van der Waals surface area contributed by atoms with Gasteiger partial charge in [-0.2, -0.15) is 0 Å². The molecule has 0 radical (unpaired) electrons. The number of amides is 1. The topological polar surface area (TPSA) is 78.0 Å². The number of aliphatic imine (C=N–C) groups is 1. The number of carbonyl (C=O) groups is 1. The zero-order valence-corrected chi connectivity index (χ0v) is 17.5. The van der Waals surface area contributed by atoms with Crippen molar-refractivity contribution in [2.75, 3.05) is 46.9 Å². The number of carbonyl (C=O) groups excluding carboxylic acids is 1. The summed E-state index contributed by atoms with van der Waals surface area (Å²) in [5, 5.41) is 9.54. The number of rotatable bonds is 10. The van der Waals surface area contributed by atoms with E-state index in [-0.39, 0.29) is 11.9 Å². The molecule has 0 saturated carbocycles. The van der Waals surface area contributed by atoms with Gasteiger partial charge in [0.15, 0.2) is 5.96 Å². The molecule has 28 heavy (non-hydrogen) atoms. The third-order valence-corrected chi connectivity index (χ3v) is 4.96. The number of hydrogen-bond acceptors (Lipinski definition) is 4. The third-order valence-electron chi connectivity index (χ3n) is 4.96. The van der Waals surface area contributed by atoms with Gasteiger partial charge in [-0.3, -0.25) is 14.7 Å². The number of guanidine groups is 1. The maximum atomic E-state index is 11.7. The molecule has 1 fully saturated rings. The molecule has 3 N–H and O–H groups in total. The van der Waals surface area contributed by atoms with E-state index >= 15 is 0 Å². The Balaban J connectivity index is 1.91. The summed E-state index contributed by atoms with van der Waals surface area (Å²) in [7, 11) is 3.45. The summed E-state index contributed by atoms with van der Waals surface area (Å²) in [4.78, 5) is 18.5. The highest BCUT2D eigenvalue weighted by Gasteiger charge is 2.24. The SMILES string of the molecule is CCCNC(=O)CCNC(=NC)NCC(c1cccc(OC)c1)N1CCCC1. The second kappa shape index (κ2) is 12.2. The first-order valence-corrected chi connectivity index (χ1v) is 10.3. The molecule has 0 aromatic heterocycles. The summed E-state index contributed by atoms with van der Waals surface area (Å²) < 4.78 is 5.41. The second-order valence-electron chi connectivity index (χ2n) is 7.02. The molecular formula is C21H35N5O2. The van der Waals surface area contributed by atoms with Gasteiger partial charge in [-0.25, -0.2) is 0 Å². The molecule has 7 heteroatoms. The fourth-order valence-electron chi connectivity index (χ4n) is 3.42. The van der Waals surface area contributed by atoms with Crippen molar-refractivity contribution in [3.63, 3.8) is 0 Å². The van der Waals surface area contributed by atoms with Crippen LogP contribution in [0.25, 0.3) is 0 Å². The number of nitrogens with zero attached hydrogens (tertiary/aromatic N) is 2. The van der Waals surface area contributed by atoms with E-state index in [1.54, 1.807) is 14.2 Å². The molecule has 1 heterocycles. The zero-order valence-electron chi connectivity index (χ0n) is 17.5. The number of ether oxygens (including phenoxy) is 1. The van der Waals surface area contributed by atoms with Crippen LogP contribution in [0.2, 0.25) is 0 Å². The molecule has 7 nitrogen and oxygen atoms in total. The minimum atomic E-state index is 0.0659. The molecule has 1 aliphatic heterocycles. The number of hydrogen-bond donors (Lipinski definition) is 3. The quantitative estimate of drug-likeness (QED) is 0.421. The lowest BCUT2D eigenvalue weighted by Crippen LogP contribution is -2.43. The van der Waals surface area contributed by atoms with Crippen LogP contribution in [0.4, 0.5) is 0 Å². The smallest absolute Gasteiger partial charge is 0.221 e. The van der Waals surface area contributed by atoms with Gasteiger partial charge in [0.1, 0.15) is 5.75 Å². The van der Waals surface area contributed by atoms with Crippen molar-refractivity contribution in [1.29, 1.82) is 0 Å². The van der Waals surface area contributed by atoms with E-state index in [1.165, 1.54) is 18.4 Å². The largest absolute Gasteiger partial charge is 0.497 e. The van der Waals surface area contributed by atoms with Crippen LogP contribution in [0.3, 0.4) is 0 Å². The molecular weight excluding hydrogens is 354 g/mol. The lowest BCUT2D eigenvalue weighted by molar-refractivity contribution is -0.120. The lowest BCUT2D eigenvalue weighted by Gasteiger charge is -2.29. The first-order chi connectivity index (χ1) is 13.7. The van der Waals surface area contributed by atoms with Gasteiger partial charge in [-0.05, 0) is 50.0 Å². The molecule has 1 aromatic rings. The monoisotopic (exact) mass is 389 g/mol. The highest BCUT2D eigenvalue weighted by molar-refractivity contribution is 5.81. The molecule has 1 saturated heterocycles. The van der Waals surface area contributed by atoms with E-state index in [0.29, 0.717) is 13.0 Å². The van der Waals surface area contributed by atoms with E-state index in [9.17, 15) is 4.79 Å². The fraction of sp³-hybridized carbons (Fsp3) is 0.619. The van der Waals surface area contributed by atoms with E-state index in [4.69, 9.17) is 4.74 Å². The predicted octanol–water partition coefficient (Wildman–Crippen LogP) is 1.91. The molecule has 2 rings (SSSR count). The van der Waals surface area contributed by atoms with Crippen molar-refractivity contribution >= 4 is 11.9 Å². The minimum Gasteiger partial charge on any atom is -0.497 e. The van der Waals surface area contributed by atoms with E-state index in [0.717, 1.165) is 44.3 Å².